The quantitative estimate of drug-likeness (QED) is 0.867. The predicted molar refractivity (Wildman–Crippen MR) is 77.3 cm³/mol. The number of rotatable bonds is 4. The molecule has 0 unspecified atom stereocenters. The Morgan fingerprint density at radius 2 is 1.86 bits per heavy atom. The lowest BCUT2D eigenvalue weighted by atomic mass is 10.2. The molecule has 0 aliphatic carbocycles. The fourth-order valence-electron chi connectivity index (χ4n) is 1.92. The van der Waals surface area contributed by atoms with Crippen molar-refractivity contribution >= 4 is 11.5 Å². The molecule has 0 saturated heterocycles. The largest absolute Gasteiger partial charge is 0.416 e. The minimum Gasteiger partial charge on any atom is -0.375 e. The summed E-state index contributed by atoms with van der Waals surface area (Å²) in [5.74, 6) is -0.298. The number of hydrogen-bond acceptors (Lipinski definition) is 3. The Hall–Kier alpha value is -2.31. The lowest BCUT2D eigenvalue weighted by Crippen LogP contribution is -2.11. The molecule has 0 saturated carbocycles. The third kappa shape index (κ3) is 3.87. The third-order valence-electron chi connectivity index (χ3n) is 3.05. The monoisotopic (exact) mass is 313 g/mol. The highest BCUT2D eigenvalue weighted by Crippen LogP contribution is 2.30. The van der Waals surface area contributed by atoms with Gasteiger partial charge in [0.15, 0.2) is 0 Å². The van der Waals surface area contributed by atoms with Crippen LogP contribution in [-0.2, 0) is 12.7 Å². The minimum atomic E-state index is -4.42. The molecule has 0 aliphatic rings. The molecule has 1 aromatic carbocycles. The fraction of sp³-hybridized carbons (Fsp3) is 0.267. The van der Waals surface area contributed by atoms with Crippen LogP contribution in [0.1, 0.15) is 11.1 Å². The smallest absolute Gasteiger partial charge is 0.375 e. The Labute approximate surface area is 125 Å². The molecule has 7 heteroatoms. The molecule has 118 valence electrons. The standard InChI is InChI=1S/C15H15F4N3/c1-22(2)13-4-3-10(7-12(13)16)9-21-14-8-11(5-6-20-14)15(17,18)19/h3-8H,9H2,1-2H3,(H,20,21). The van der Waals surface area contributed by atoms with Crippen molar-refractivity contribution in [2.24, 2.45) is 0 Å². The molecule has 0 amide bonds. The first kappa shape index (κ1) is 16.1. The number of halogens is 4. The summed E-state index contributed by atoms with van der Waals surface area (Å²) in [6.45, 7) is 0.180. The number of pyridine rings is 1. The van der Waals surface area contributed by atoms with Crippen LogP contribution in [0.2, 0.25) is 0 Å². The molecule has 1 N–H and O–H groups in total. The highest BCUT2D eigenvalue weighted by molar-refractivity contribution is 5.48. The number of anilines is 2. The number of nitrogens with zero attached hydrogens (tertiary/aromatic N) is 2. The molecule has 0 aliphatic heterocycles. The number of nitrogens with one attached hydrogen (secondary N) is 1. The van der Waals surface area contributed by atoms with Crippen molar-refractivity contribution in [2.75, 3.05) is 24.3 Å². The Balaban J connectivity index is 2.09. The molecular weight excluding hydrogens is 298 g/mol. The summed E-state index contributed by atoms with van der Waals surface area (Å²) < 4.78 is 51.6. The third-order valence-corrected chi connectivity index (χ3v) is 3.05. The van der Waals surface area contributed by atoms with Gasteiger partial charge in [-0.1, -0.05) is 6.07 Å². The van der Waals surface area contributed by atoms with Gasteiger partial charge in [-0.05, 0) is 29.8 Å². The second-order valence-electron chi connectivity index (χ2n) is 4.96. The van der Waals surface area contributed by atoms with Gasteiger partial charge in [-0.3, -0.25) is 0 Å². The van der Waals surface area contributed by atoms with Crippen LogP contribution in [0.25, 0.3) is 0 Å². The Morgan fingerprint density at radius 1 is 1.14 bits per heavy atom. The zero-order valence-corrected chi connectivity index (χ0v) is 12.1. The zero-order chi connectivity index (χ0) is 16.3. The molecule has 0 spiro atoms. The average Bonchev–Trinajstić information content (AvgIpc) is 2.44. The molecule has 22 heavy (non-hydrogen) atoms. The molecule has 1 aromatic heterocycles. The Bertz CT molecular complexity index is 653. The van der Waals surface area contributed by atoms with E-state index in [4.69, 9.17) is 0 Å². The minimum absolute atomic E-state index is 0.0897. The van der Waals surface area contributed by atoms with Gasteiger partial charge in [-0.25, -0.2) is 9.37 Å². The molecule has 0 bridgehead atoms. The van der Waals surface area contributed by atoms with Gasteiger partial charge >= 0.3 is 6.18 Å². The van der Waals surface area contributed by atoms with Crippen LogP contribution >= 0.6 is 0 Å². The number of alkyl halides is 3. The molecule has 3 nitrogen and oxygen atoms in total. The molecule has 1 heterocycles. The van der Waals surface area contributed by atoms with Gasteiger partial charge in [0.2, 0.25) is 0 Å². The van der Waals surface area contributed by atoms with Crippen LogP contribution in [0.3, 0.4) is 0 Å². The van der Waals surface area contributed by atoms with Crippen LogP contribution in [0.4, 0.5) is 29.1 Å². The van der Waals surface area contributed by atoms with Crippen LogP contribution in [0, 0.1) is 5.82 Å². The first-order valence-corrected chi connectivity index (χ1v) is 6.50. The molecule has 2 aromatic rings. The van der Waals surface area contributed by atoms with Gasteiger partial charge in [0.05, 0.1) is 11.3 Å². The van der Waals surface area contributed by atoms with Gasteiger partial charge in [-0.15, -0.1) is 0 Å². The summed E-state index contributed by atoms with van der Waals surface area (Å²) in [7, 11) is 3.45. The zero-order valence-electron chi connectivity index (χ0n) is 12.1. The summed E-state index contributed by atoms with van der Waals surface area (Å²) in [4.78, 5) is 5.46. The summed E-state index contributed by atoms with van der Waals surface area (Å²) in [5, 5.41) is 2.76. The topological polar surface area (TPSA) is 28.2 Å². The lowest BCUT2D eigenvalue weighted by Gasteiger charge is -2.14. The van der Waals surface area contributed by atoms with Crippen LogP contribution in [0.15, 0.2) is 36.5 Å². The van der Waals surface area contributed by atoms with E-state index < -0.39 is 11.7 Å². The van der Waals surface area contributed by atoms with Crippen LogP contribution < -0.4 is 10.2 Å². The van der Waals surface area contributed by atoms with Gasteiger partial charge in [0.25, 0.3) is 0 Å². The predicted octanol–water partition coefficient (Wildman–Crippen LogP) is 3.92. The summed E-state index contributed by atoms with van der Waals surface area (Å²) in [6.07, 6.45) is -3.33. The first-order valence-electron chi connectivity index (χ1n) is 6.50. The van der Waals surface area contributed by atoms with Crippen molar-refractivity contribution in [3.8, 4) is 0 Å². The average molecular weight is 313 g/mol. The van der Waals surface area contributed by atoms with Crippen LogP contribution in [-0.4, -0.2) is 19.1 Å². The van der Waals surface area contributed by atoms with Gasteiger partial charge in [0.1, 0.15) is 11.6 Å². The molecule has 0 fully saturated rings. The van der Waals surface area contributed by atoms with E-state index >= 15 is 0 Å². The number of benzene rings is 1. The molecular formula is C15H15F4N3. The number of aromatic nitrogens is 1. The highest BCUT2D eigenvalue weighted by Gasteiger charge is 2.30. The van der Waals surface area contributed by atoms with E-state index in [9.17, 15) is 17.6 Å². The Morgan fingerprint density at radius 3 is 2.45 bits per heavy atom. The highest BCUT2D eigenvalue weighted by atomic mass is 19.4. The van der Waals surface area contributed by atoms with Crippen molar-refractivity contribution in [1.29, 1.82) is 0 Å². The van der Waals surface area contributed by atoms with E-state index in [2.05, 4.69) is 10.3 Å². The second kappa shape index (κ2) is 6.21. The van der Waals surface area contributed by atoms with E-state index in [1.54, 1.807) is 31.1 Å². The fourth-order valence-corrected chi connectivity index (χ4v) is 1.92. The van der Waals surface area contributed by atoms with Gasteiger partial charge < -0.3 is 10.2 Å². The van der Waals surface area contributed by atoms with Crippen molar-refractivity contribution in [3.05, 3.63) is 53.5 Å². The first-order chi connectivity index (χ1) is 10.3. The second-order valence-corrected chi connectivity index (χ2v) is 4.96. The molecule has 0 radical (unpaired) electrons. The summed E-state index contributed by atoms with van der Waals surface area (Å²) in [5.41, 5.74) is 0.280. The van der Waals surface area contributed by atoms with Crippen LogP contribution in [0.5, 0.6) is 0 Å². The van der Waals surface area contributed by atoms with E-state index in [0.717, 1.165) is 18.3 Å². The van der Waals surface area contributed by atoms with E-state index in [-0.39, 0.29) is 18.2 Å². The van der Waals surface area contributed by atoms with Crippen molar-refractivity contribution < 1.29 is 17.6 Å². The molecule has 2 rings (SSSR count). The van der Waals surface area contributed by atoms with E-state index in [1.165, 1.54) is 6.07 Å². The normalized spacial score (nSPS) is 11.4. The molecule has 0 atom stereocenters. The van der Waals surface area contributed by atoms with Crippen molar-refractivity contribution in [1.82, 2.24) is 4.98 Å². The van der Waals surface area contributed by atoms with Crippen molar-refractivity contribution in [2.45, 2.75) is 12.7 Å². The number of hydrogen-bond donors (Lipinski definition) is 1. The van der Waals surface area contributed by atoms with E-state index in [1.807, 2.05) is 0 Å². The van der Waals surface area contributed by atoms with Crippen molar-refractivity contribution in [3.63, 3.8) is 0 Å². The summed E-state index contributed by atoms with van der Waals surface area (Å²) >= 11 is 0. The maximum absolute atomic E-state index is 13.8. The maximum Gasteiger partial charge on any atom is 0.416 e. The Kier molecular flexibility index (Phi) is 4.54. The SMILES string of the molecule is CN(C)c1ccc(CNc2cc(C(F)(F)F)ccn2)cc1F. The van der Waals surface area contributed by atoms with Gasteiger partial charge in [-0.2, -0.15) is 13.2 Å². The van der Waals surface area contributed by atoms with Gasteiger partial charge in [0, 0.05) is 26.8 Å². The maximum atomic E-state index is 13.8. The lowest BCUT2D eigenvalue weighted by molar-refractivity contribution is -0.137. The van der Waals surface area contributed by atoms with E-state index in [0.29, 0.717) is 11.3 Å². The summed E-state index contributed by atoms with van der Waals surface area (Å²) in [6, 6.07) is 6.49.